The molecule has 1 aromatic heterocycles. The van der Waals surface area contributed by atoms with Crippen molar-refractivity contribution < 1.29 is 9.84 Å². The molecule has 0 aliphatic heterocycles. The molecule has 0 unspecified atom stereocenters. The number of imidazole rings is 1. The number of hydrogen-bond donors (Lipinski definition) is 1. The molecule has 0 atom stereocenters. The molecule has 2 rings (SSSR count). The molecular weight excluding hydrogens is 320 g/mol. The van der Waals surface area contributed by atoms with Gasteiger partial charge >= 0.3 is 0 Å². The average molecular weight is 339 g/mol. The zero-order valence-electron chi connectivity index (χ0n) is 12.2. The van der Waals surface area contributed by atoms with Crippen molar-refractivity contribution in [3.63, 3.8) is 0 Å². The van der Waals surface area contributed by atoms with Crippen LogP contribution < -0.4 is 4.74 Å². The summed E-state index contributed by atoms with van der Waals surface area (Å²) in [6.45, 7) is 4.18. The molecule has 4 nitrogen and oxygen atoms in total. The van der Waals surface area contributed by atoms with Crippen LogP contribution in [0, 0.1) is 13.8 Å². The van der Waals surface area contributed by atoms with E-state index < -0.39 is 0 Å². The quantitative estimate of drug-likeness (QED) is 0.932. The maximum absolute atomic E-state index is 9.11. The van der Waals surface area contributed by atoms with Crippen molar-refractivity contribution in [1.82, 2.24) is 9.55 Å². The van der Waals surface area contributed by atoms with E-state index in [9.17, 15) is 0 Å². The number of aromatic nitrogens is 2. The largest absolute Gasteiger partial charge is 0.496 e. The van der Waals surface area contributed by atoms with E-state index in [0.29, 0.717) is 6.42 Å². The smallest absolute Gasteiger partial charge is 0.132 e. The van der Waals surface area contributed by atoms with Crippen LogP contribution in [0.15, 0.2) is 16.7 Å². The lowest BCUT2D eigenvalue weighted by Crippen LogP contribution is -2.03. The second kappa shape index (κ2) is 5.97. The van der Waals surface area contributed by atoms with E-state index in [1.165, 1.54) is 5.56 Å². The number of hydrogen-bond acceptors (Lipinski definition) is 3. The second-order valence-electron chi connectivity index (χ2n) is 4.86. The SMILES string of the molecule is COc1c(C)cc(C)cc1-c1c(Br)nc(CCO)n1C. The number of nitrogens with zero attached hydrogens (tertiary/aromatic N) is 2. The van der Waals surface area contributed by atoms with E-state index in [1.807, 2.05) is 18.5 Å². The molecule has 1 heterocycles. The zero-order chi connectivity index (χ0) is 14.9. The highest BCUT2D eigenvalue weighted by molar-refractivity contribution is 9.10. The number of ether oxygens (including phenoxy) is 1. The minimum atomic E-state index is 0.0840. The van der Waals surface area contributed by atoms with E-state index in [-0.39, 0.29) is 6.61 Å². The first kappa shape index (κ1) is 15.1. The lowest BCUT2D eigenvalue weighted by atomic mass is 10.0. The van der Waals surface area contributed by atoms with Gasteiger partial charge in [0, 0.05) is 19.0 Å². The van der Waals surface area contributed by atoms with Crippen molar-refractivity contribution >= 4 is 15.9 Å². The molecule has 0 fully saturated rings. The maximum atomic E-state index is 9.11. The molecule has 1 aromatic carbocycles. The molecule has 0 radical (unpaired) electrons. The summed E-state index contributed by atoms with van der Waals surface area (Å²) in [6, 6.07) is 4.19. The predicted molar refractivity (Wildman–Crippen MR) is 83.2 cm³/mol. The van der Waals surface area contributed by atoms with Gasteiger partial charge in [0.05, 0.1) is 19.4 Å². The topological polar surface area (TPSA) is 47.3 Å². The van der Waals surface area contributed by atoms with Gasteiger partial charge in [-0.2, -0.15) is 0 Å². The van der Waals surface area contributed by atoms with Crippen molar-refractivity contribution in [3.8, 4) is 17.0 Å². The molecule has 1 N–H and O–H groups in total. The number of rotatable bonds is 4. The molecule has 5 heteroatoms. The first-order valence-corrected chi connectivity index (χ1v) is 7.26. The molecule has 0 aliphatic rings. The maximum Gasteiger partial charge on any atom is 0.132 e. The van der Waals surface area contributed by atoms with Crippen LogP contribution in [0.1, 0.15) is 17.0 Å². The van der Waals surface area contributed by atoms with Gasteiger partial charge in [-0.05, 0) is 47.0 Å². The number of methoxy groups -OCH3 is 1. The Morgan fingerprint density at radius 3 is 2.65 bits per heavy atom. The third kappa shape index (κ3) is 2.60. The predicted octanol–water partition coefficient (Wildman–Crippen LogP) is 3.01. The van der Waals surface area contributed by atoms with Crippen molar-refractivity contribution in [2.24, 2.45) is 7.05 Å². The van der Waals surface area contributed by atoms with Crippen LogP contribution in [0.3, 0.4) is 0 Å². The van der Waals surface area contributed by atoms with Gasteiger partial charge in [0.2, 0.25) is 0 Å². The Kier molecular flexibility index (Phi) is 4.50. The second-order valence-corrected chi connectivity index (χ2v) is 5.61. The van der Waals surface area contributed by atoms with Crippen LogP contribution in [0.2, 0.25) is 0 Å². The number of aliphatic hydroxyl groups is 1. The summed E-state index contributed by atoms with van der Waals surface area (Å²) < 4.78 is 8.32. The van der Waals surface area contributed by atoms with Gasteiger partial charge in [0.1, 0.15) is 16.2 Å². The number of aryl methyl sites for hydroxylation is 2. The average Bonchev–Trinajstić information content (AvgIpc) is 2.64. The van der Waals surface area contributed by atoms with Gasteiger partial charge in [-0.15, -0.1) is 0 Å². The van der Waals surface area contributed by atoms with Crippen molar-refractivity contribution in [2.75, 3.05) is 13.7 Å². The molecule has 108 valence electrons. The van der Waals surface area contributed by atoms with E-state index in [1.54, 1.807) is 7.11 Å². The van der Waals surface area contributed by atoms with Crippen LogP contribution in [0.25, 0.3) is 11.3 Å². The van der Waals surface area contributed by atoms with Crippen molar-refractivity contribution in [2.45, 2.75) is 20.3 Å². The summed E-state index contributed by atoms with van der Waals surface area (Å²) in [5.74, 6) is 1.70. The number of aliphatic hydroxyl groups excluding tert-OH is 1. The fourth-order valence-electron chi connectivity index (χ4n) is 2.53. The van der Waals surface area contributed by atoms with Gasteiger partial charge < -0.3 is 14.4 Å². The summed E-state index contributed by atoms with van der Waals surface area (Å²) in [5, 5.41) is 9.11. The van der Waals surface area contributed by atoms with Crippen molar-refractivity contribution in [1.29, 1.82) is 0 Å². The number of halogens is 1. The summed E-state index contributed by atoms with van der Waals surface area (Å²) in [5.41, 5.74) is 4.25. The first-order valence-electron chi connectivity index (χ1n) is 6.47. The summed E-state index contributed by atoms with van der Waals surface area (Å²) in [7, 11) is 3.63. The van der Waals surface area contributed by atoms with E-state index in [2.05, 4.69) is 40.0 Å². The molecule has 0 saturated carbocycles. The molecule has 20 heavy (non-hydrogen) atoms. The number of benzene rings is 1. The Morgan fingerprint density at radius 2 is 2.05 bits per heavy atom. The van der Waals surface area contributed by atoms with Gasteiger partial charge in [-0.25, -0.2) is 4.98 Å². The van der Waals surface area contributed by atoms with Crippen LogP contribution in [0.5, 0.6) is 5.75 Å². The third-order valence-corrected chi connectivity index (χ3v) is 3.91. The minimum Gasteiger partial charge on any atom is -0.496 e. The summed E-state index contributed by atoms with van der Waals surface area (Å²) in [4.78, 5) is 4.48. The monoisotopic (exact) mass is 338 g/mol. The molecular formula is C15H19BrN2O2. The minimum absolute atomic E-state index is 0.0840. The normalized spacial score (nSPS) is 10.9. The summed E-state index contributed by atoms with van der Waals surface area (Å²) >= 11 is 3.52. The molecule has 0 amide bonds. The Labute approximate surface area is 127 Å². The lowest BCUT2D eigenvalue weighted by molar-refractivity contribution is 0.295. The first-order chi connectivity index (χ1) is 9.49. The van der Waals surface area contributed by atoms with E-state index >= 15 is 0 Å². The van der Waals surface area contributed by atoms with Crippen molar-refractivity contribution in [3.05, 3.63) is 33.7 Å². The van der Waals surface area contributed by atoms with Gasteiger partial charge in [-0.3, -0.25) is 0 Å². The molecule has 0 aliphatic carbocycles. The Balaban J connectivity index is 2.68. The van der Waals surface area contributed by atoms with Crippen LogP contribution in [-0.2, 0) is 13.5 Å². The molecule has 0 bridgehead atoms. The van der Waals surface area contributed by atoms with Gasteiger partial charge in [-0.1, -0.05) is 6.07 Å². The van der Waals surface area contributed by atoms with E-state index in [0.717, 1.165) is 33.0 Å². The van der Waals surface area contributed by atoms with Crippen LogP contribution >= 0.6 is 15.9 Å². The fourth-order valence-corrected chi connectivity index (χ4v) is 3.21. The highest BCUT2D eigenvalue weighted by atomic mass is 79.9. The molecule has 0 spiro atoms. The summed E-state index contributed by atoms with van der Waals surface area (Å²) in [6.07, 6.45) is 0.530. The van der Waals surface area contributed by atoms with Gasteiger partial charge in [0.15, 0.2) is 0 Å². The standard InChI is InChI=1S/C15H19BrN2O2/c1-9-7-10(2)14(20-4)11(8-9)13-15(16)17-12(5-6-19)18(13)3/h7-8,19H,5-6H2,1-4H3. The highest BCUT2D eigenvalue weighted by Gasteiger charge is 2.19. The highest BCUT2D eigenvalue weighted by Crippen LogP contribution is 2.38. The molecule has 0 saturated heterocycles. The Hall–Kier alpha value is -1.33. The van der Waals surface area contributed by atoms with Gasteiger partial charge in [0.25, 0.3) is 0 Å². The molecule has 2 aromatic rings. The Bertz CT molecular complexity index is 635. The Morgan fingerprint density at radius 1 is 1.35 bits per heavy atom. The lowest BCUT2D eigenvalue weighted by Gasteiger charge is -2.14. The van der Waals surface area contributed by atoms with Crippen LogP contribution in [0.4, 0.5) is 0 Å². The van der Waals surface area contributed by atoms with Crippen LogP contribution in [-0.4, -0.2) is 28.4 Å². The van der Waals surface area contributed by atoms with E-state index in [4.69, 9.17) is 9.84 Å². The fraction of sp³-hybridized carbons (Fsp3) is 0.400. The third-order valence-electron chi connectivity index (χ3n) is 3.36. The zero-order valence-corrected chi connectivity index (χ0v) is 13.8.